The second kappa shape index (κ2) is 36.3. The number of pyridine rings is 4. The van der Waals surface area contributed by atoms with Gasteiger partial charge in [0, 0.05) is 111 Å². The molecule has 8 heterocycles. The number of rotatable bonds is 7. The van der Waals surface area contributed by atoms with Crippen molar-refractivity contribution in [2.24, 2.45) is 0 Å². The minimum absolute atomic E-state index is 0.0298. The molecule has 16 heteroatoms. The standard InChI is InChI=1S/C31H31BrN2O.C22H22N2O.C21H20N2O.C13H11NO.C10H12Br2.C9H12BrN/c1-30(2,3)20-13-14-33-29(17-20)34-27-10-8-7-9-25(27)26-12-11-23(19-28(26)34)35-24-16-21(31(4,5)6)15-22(32)18-24;1-22(2,3)15-11-12-23-21(13-15)24-19-8-6-5-7-17(19)18-10-9-16(25-4)14-20(18)24;1-21(2,3)14-10-11-22-20(12-14)23-18-7-5-4-6-16(18)17-9-8-15(24)13-19(17)23;1-15-9-6-7-11-10-4-2-3-5-12(10)14-13(11)8-9;1-10(2,3)7-4-8(11)6-9(12)5-7;1-9(2,3)7-4-5-11-8(10)6-7/h7-19H,1-6H3;5-14H,1-4H3;4-13,24H,1-3H3;2-8,14H,1H3;4-6H,1-3H3;4-6H,1-3H3. The van der Waals surface area contributed by atoms with E-state index in [4.69, 9.17) is 19.2 Å². The maximum Gasteiger partial charge on any atom is 0.137 e. The lowest BCUT2D eigenvalue weighted by atomic mass is 9.87. The Morgan fingerprint density at radius 1 is 0.270 bits per heavy atom. The lowest BCUT2D eigenvalue weighted by Crippen LogP contribution is -2.12. The van der Waals surface area contributed by atoms with E-state index in [1.54, 1.807) is 26.4 Å². The number of aromatic nitrogens is 8. The predicted molar refractivity (Wildman–Crippen MR) is 526 cm³/mol. The number of phenols is 1. The van der Waals surface area contributed by atoms with Crippen LogP contribution < -0.4 is 14.2 Å². The molecule has 0 bridgehead atoms. The highest BCUT2D eigenvalue weighted by Crippen LogP contribution is 2.42. The summed E-state index contributed by atoms with van der Waals surface area (Å²) < 4.78 is 27.8. The van der Waals surface area contributed by atoms with Crippen molar-refractivity contribution in [3.63, 3.8) is 0 Å². The van der Waals surface area contributed by atoms with E-state index >= 15 is 0 Å². The highest BCUT2D eigenvalue weighted by molar-refractivity contribution is 9.11. The molecule has 18 aromatic rings. The van der Waals surface area contributed by atoms with Gasteiger partial charge in [-0.2, -0.15) is 0 Å². The Labute approximate surface area is 751 Å². The third-order valence-electron chi connectivity index (χ3n) is 21.7. The minimum atomic E-state index is 0.0298. The number of para-hydroxylation sites is 4. The topological polar surface area (TPSA) is 130 Å². The van der Waals surface area contributed by atoms with Crippen molar-refractivity contribution < 1.29 is 19.3 Å². The molecule has 18 rings (SSSR count). The van der Waals surface area contributed by atoms with Gasteiger partial charge in [0.2, 0.25) is 0 Å². The molecule has 0 amide bonds. The lowest BCUT2D eigenvalue weighted by Gasteiger charge is -2.20. The molecular weight excluding hydrogens is 1770 g/mol. The molecule has 12 nitrogen and oxygen atoms in total. The number of fused-ring (bicyclic) bond motifs is 12. The van der Waals surface area contributed by atoms with Gasteiger partial charge in [-0.3, -0.25) is 13.7 Å². The first kappa shape index (κ1) is 88.9. The Bertz CT molecular complexity index is 6790. The number of halogens is 4. The van der Waals surface area contributed by atoms with E-state index < -0.39 is 0 Å². The van der Waals surface area contributed by atoms with Crippen LogP contribution in [0, 0.1) is 0 Å². The highest BCUT2D eigenvalue weighted by atomic mass is 79.9. The molecule has 0 unspecified atom stereocenters. The molecule has 0 aliphatic carbocycles. The highest BCUT2D eigenvalue weighted by Gasteiger charge is 2.24. The van der Waals surface area contributed by atoms with Crippen molar-refractivity contribution in [1.82, 2.24) is 38.6 Å². The molecule has 0 atom stereocenters. The van der Waals surface area contributed by atoms with Crippen LogP contribution in [0.1, 0.15) is 158 Å². The Morgan fingerprint density at radius 2 is 0.598 bits per heavy atom. The van der Waals surface area contributed by atoms with Gasteiger partial charge in [0.25, 0.3) is 0 Å². The normalized spacial score (nSPS) is 12.0. The molecule has 0 aliphatic heterocycles. The molecule has 10 aromatic carbocycles. The van der Waals surface area contributed by atoms with Gasteiger partial charge in [-0.1, -0.05) is 245 Å². The van der Waals surface area contributed by atoms with Crippen LogP contribution in [0.3, 0.4) is 0 Å². The Kier molecular flexibility index (Phi) is 26.4. The quantitative estimate of drug-likeness (QED) is 0.151. The van der Waals surface area contributed by atoms with Gasteiger partial charge in [0.05, 0.1) is 52.8 Å². The van der Waals surface area contributed by atoms with Crippen LogP contribution in [0.15, 0.2) is 298 Å². The van der Waals surface area contributed by atoms with Gasteiger partial charge in [0.15, 0.2) is 0 Å². The molecule has 0 saturated carbocycles. The molecule has 0 spiro atoms. The summed E-state index contributed by atoms with van der Waals surface area (Å²) in [4.78, 5) is 21.5. The average molecular weight is 1880 g/mol. The third-order valence-corrected chi connectivity index (χ3v) is 23.5. The summed E-state index contributed by atoms with van der Waals surface area (Å²) in [6, 6.07) is 87.2. The van der Waals surface area contributed by atoms with Crippen molar-refractivity contribution in [3.05, 3.63) is 331 Å². The second-order valence-corrected chi connectivity index (χ2v) is 40.5. The summed E-state index contributed by atoms with van der Waals surface area (Å²) in [5.74, 6) is 6.34. The minimum Gasteiger partial charge on any atom is -0.508 e. The van der Waals surface area contributed by atoms with Crippen LogP contribution >= 0.6 is 63.7 Å². The SMILES string of the molecule is CC(C)(C)c1cc(Br)cc(Br)c1.CC(C)(C)c1cc(Br)cc(Oc2ccc3c4ccccc4n(-c4cc(C(C)(C)C)ccn4)c3c2)c1.CC(C)(C)c1ccnc(-n2c3ccccc3c3ccc(O)cc32)c1.CC(C)(C)c1ccnc(Br)c1.COc1ccc2c(c1)[nH]c1ccccc12.COc1ccc2c3ccccc3n(-c3cc(C(C)(C)C)ccn3)c2c1. The monoisotopic (exact) mass is 1870 g/mol. The zero-order valence-corrected chi connectivity index (χ0v) is 79.7. The molecular formula is C106H108Br4N8O4. The van der Waals surface area contributed by atoms with Crippen molar-refractivity contribution in [2.75, 3.05) is 14.2 Å². The summed E-state index contributed by atoms with van der Waals surface area (Å²) in [6.45, 7) is 39.8. The molecule has 624 valence electrons. The van der Waals surface area contributed by atoms with E-state index in [0.717, 1.165) is 108 Å². The first-order valence-corrected chi connectivity index (χ1v) is 44.2. The zero-order valence-electron chi connectivity index (χ0n) is 73.4. The number of hydrogen-bond acceptors (Lipinski definition) is 8. The van der Waals surface area contributed by atoms with Crippen LogP contribution in [-0.4, -0.2) is 57.9 Å². The van der Waals surface area contributed by atoms with Crippen LogP contribution in [0.5, 0.6) is 28.7 Å². The summed E-state index contributed by atoms with van der Waals surface area (Å²) in [5, 5.41) is 19.6. The van der Waals surface area contributed by atoms with E-state index in [1.165, 1.54) is 71.2 Å². The van der Waals surface area contributed by atoms with Crippen LogP contribution in [0.2, 0.25) is 0 Å². The fourth-order valence-corrected chi connectivity index (χ4v) is 17.0. The Hall–Kier alpha value is -10.9. The van der Waals surface area contributed by atoms with Gasteiger partial charge in [0.1, 0.15) is 50.8 Å². The zero-order chi connectivity index (χ0) is 87.5. The number of nitrogens with one attached hydrogen (secondary N) is 1. The van der Waals surface area contributed by atoms with Gasteiger partial charge in [-0.25, -0.2) is 19.9 Å². The molecule has 0 fully saturated rings. The van der Waals surface area contributed by atoms with Gasteiger partial charge < -0.3 is 24.3 Å². The van der Waals surface area contributed by atoms with Crippen LogP contribution in [-0.2, 0) is 32.5 Å². The molecule has 8 aromatic heterocycles. The van der Waals surface area contributed by atoms with E-state index in [0.29, 0.717) is 0 Å². The van der Waals surface area contributed by atoms with Gasteiger partial charge in [-0.15, -0.1) is 0 Å². The maximum atomic E-state index is 9.98. The van der Waals surface area contributed by atoms with Crippen LogP contribution in [0.25, 0.3) is 105 Å². The van der Waals surface area contributed by atoms with Crippen molar-refractivity contribution in [1.29, 1.82) is 0 Å². The van der Waals surface area contributed by atoms with Gasteiger partial charge >= 0.3 is 0 Å². The number of phenolic OH excluding ortho intramolecular Hbond substituents is 1. The number of benzene rings is 10. The van der Waals surface area contributed by atoms with E-state index in [2.05, 4.69) is 410 Å². The summed E-state index contributed by atoms with van der Waals surface area (Å²) in [7, 11) is 3.39. The van der Waals surface area contributed by atoms with E-state index in [9.17, 15) is 5.11 Å². The number of H-pyrrole nitrogens is 1. The second-order valence-electron chi connectivity index (χ2n) is 36.9. The first-order valence-electron chi connectivity index (χ1n) is 41.1. The molecule has 2 N–H and O–H groups in total. The van der Waals surface area contributed by atoms with E-state index in [-0.39, 0.29) is 38.2 Å². The summed E-state index contributed by atoms with van der Waals surface area (Å²) in [5.41, 5.74) is 17.1. The smallest absolute Gasteiger partial charge is 0.137 e. The molecule has 0 radical (unpaired) electrons. The van der Waals surface area contributed by atoms with Crippen molar-refractivity contribution in [2.45, 2.75) is 157 Å². The third kappa shape index (κ3) is 20.6. The number of aromatic amines is 1. The number of aromatic hydroxyl groups is 1. The number of hydrogen-bond donors (Lipinski definition) is 2. The molecule has 122 heavy (non-hydrogen) atoms. The summed E-state index contributed by atoms with van der Waals surface area (Å²) >= 11 is 13.9. The summed E-state index contributed by atoms with van der Waals surface area (Å²) in [6.07, 6.45) is 7.49. The average Bonchev–Trinajstić information content (AvgIpc) is 1.60. The molecule has 0 aliphatic rings. The van der Waals surface area contributed by atoms with Crippen LogP contribution in [0.4, 0.5) is 0 Å². The van der Waals surface area contributed by atoms with Gasteiger partial charge in [-0.05, 0) is 240 Å². The lowest BCUT2D eigenvalue weighted by molar-refractivity contribution is 0.415. The Balaban J connectivity index is 0.000000132. The molecule has 0 saturated heterocycles. The van der Waals surface area contributed by atoms with Crippen molar-refractivity contribution >= 4 is 151 Å². The van der Waals surface area contributed by atoms with E-state index in [1.807, 2.05) is 79.4 Å². The number of methoxy groups -OCH3 is 2. The fraction of sp³-hybridized carbons (Fsp3) is 0.245. The number of ether oxygens (including phenoxy) is 3. The number of nitrogens with zero attached hydrogens (tertiary/aromatic N) is 7. The largest absolute Gasteiger partial charge is 0.508 e. The first-order chi connectivity index (χ1) is 57.7. The van der Waals surface area contributed by atoms with Crippen molar-refractivity contribution in [3.8, 4) is 46.2 Å². The fourth-order valence-electron chi connectivity index (χ4n) is 14.8. The maximum absolute atomic E-state index is 9.98. The predicted octanol–water partition coefficient (Wildman–Crippen LogP) is 31.0. The Morgan fingerprint density at radius 3 is 1.02 bits per heavy atom.